The lowest BCUT2D eigenvalue weighted by Gasteiger charge is -2.27. The molecule has 3 N–H and O–H groups in total. The molecule has 0 bridgehead atoms. The maximum atomic E-state index is 11.6. The van der Waals surface area contributed by atoms with Crippen LogP contribution in [0, 0.1) is 0 Å². The predicted molar refractivity (Wildman–Crippen MR) is 92.7 cm³/mol. The molecule has 0 fully saturated rings. The molecule has 1 unspecified atom stereocenters. The smallest absolute Gasteiger partial charge is 0.238 e. The van der Waals surface area contributed by atoms with E-state index in [4.69, 9.17) is 5.14 Å². The van der Waals surface area contributed by atoms with E-state index in [0.717, 1.165) is 37.8 Å². The lowest BCUT2D eigenvalue weighted by molar-refractivity contribution is 0.459. The molecule has 1 aromatic rings. The molecule has 4 nitrogen and oxygen atoms in total. The fourth-order valence-electron chi connectivity index (χ4n) is 3.70. The lowest BCUT2D eigenvalue weighted by atomic mass is 9.87. The van der Waals surface area contributed by atoms with E-state index in [1.807, 2.05) is 6.07 Å². The molecule has 2 aliphatic carbocycles. The molecular formula is C18H26N2O2S. The Hall–Kier alpha value is -1.17. The van der Waals surface area contributed by atoms with Crippen LogP contribution in [0.2, 0.25) is 0 Å². The number of hydrogen-bond donors (Lipinski definition) is 2. The van der Waals surface area contributed by atoms with Crippen molar-refractivity contribution < 1.29 is 8.42 Å². The summed E-state index contributed by atoms with van der Waals surface area (Å²) >= 11 is 0. The molecule has 126 valence electrons. The van der Waals surface area contributed by atoms with Gasteiger partial charge in [0.05, 0.1) is 4.90 Å². The molecular weight excluding hydrogens is 308 g/mol. The molecule has 1 atom stereocenters. The molecule has 0 spiro atoms. The Labute approximate surface area is 139 Å². The van der Waals surface area contributed by atoms with Crippen LogP contribution in [0.1, 0.15) is 62.1 Å². The van der Waals surface area contributed by atoms with Gasteiger partial charge in [0.25, 0.3) is 0 Å². The van der Waals surface area contributed by atoms with E-state index in [0.29, 0.717) is 0 Å². The highest BCUT2D eigenvalue weighted by Gasteiger charge is 2.22. The van der Waals surface area contributed by atoms with Gasteiger partial charge in [-0.3, -0.25) is 0 Å². The summed E-state index contributed by atoms with van der Waals surface area (Å²) < 4.78 is 23.2. The van der Waals surface area contributed by atoms with Gasteiger partial charge in [0.15, 0.2) is 0 Å². The van der Waals surface area contributed by atoms with Gasteiger partial charge in [0.2, 0.25) is 10.0 Å². The normalized spacial score (nSPS) is 21.6. The largest absolute Gasteiger partial charge is 0.310 e. The van der Waals surface area contributed by atoms with Crippen LogP contribution in [0.4, 0.5) is 0 Å². The molecule has 0 radical (unpaired) electrons. The Balaban J connectivity index is 1.69. The summed E-state index contributed by atoms with van der Waals surface area (Å²) in [5.41, 5.74) is 3.93. The van der Waals surface area contributed by atoms with E-state index in [1.165, 1.54) is 31.2 Å². The maximum absolute atomic E-state index is 11.6. The number of primary sulfonamides is 1. The minimum Gasteiger partial charge on any atom is -0.310 e. The van der Waals surface area contributed by atoms with Crippen molar-refractivity contribution in [3.05, 3.63) is 41.0 Å². The molecule has 3 rings (SSSR count). The van der Waals surface area contributed by atoms with Crippen LogP contribution in [0.15, 0.2) is 34.7 Å². The van der Waals surface area contributed by atoms with E-state index in [9.17, 15) is 8.42 Å². The number of fused-ring (bicyclic) bond motifs is 1. The number of benzene rings is 1. The highest BCUT2D eigenvalue weighted by molar-refractivity contribution is 7.89. The lowest BCUT2D eigenvalue weighted by Crippen LogP contribution is -2.27. The quantitative estimate of drug-likeness (QED) is 0.812. The SMILES string of the molecule is NS(=O)(=O)c1ccc2c(c1)C(NCCC1=CCCCC1)CCC2. The van der Waals surface area contributed by atoms with Gasteiger partial charge in [0.1, 0.15) is 0 Å². The summed E-state index contributed by atoms with van der Waals surface area (Å²) in [4.78, 5) is 0.222. The summed E-state index contributed by atoms with van der Waals surface area (Å²) in [5.74, 6) is 0. The van der Waals surface area contributed by atoms with Crippen LogP contribution in [-0.2, 0) is 16.4 Å². The van der Waals surface area contributed by atoms with Crippen molar-refractivity contribution >= 4 is 10.0 Å². The zero-order chi connectivity index (χ0) is 16.3. The van der Waals surface area contributed by atoms with Crippen molar-refractivity contribution in [1.82, 2.24) is 5.32 Å². The molecule has 2 aliphatic rings. The standard InChI is InChI=1S/C18H26N2O2S/c19-23(21,22)16-10-9-15-7-4-8-18(17(15)13-16)20-12-11-14-5-2-1-3-6-14/h5,9-10,13,18,20H,1-4,6-8,11-12H2,(H2,19,21,22). The predicted octanol–water partition coefficient (Wildman–Crippen LogP) is 3.19. The van der Waals surface area contributed by atoms with Gasteiger partial charge < -0.3 is 5.32 Å². The number of allylic oxidation sites excluding steroid dienone is 1. The zero-order valence-electron chi connectivity index (χ0n) is 13.6. The van der Waals surface area contributed by atoms with E-state index >= 15 is 0 Å². The molecule has 0 aromatic heterocycles. The second-order valence-corrected chi connectivity index (χ2v) is 8.22. The summed E-state index contributed by atoms with van der Waals surface area (Å²) in [6.45, 7) is 0.954. The fourth-order valence-corrected chi connectivity index (χ4v) is 4.25. The van der Waals surface area contributed by atoms with Crippen LogP contribution in [0.25, 0.3) is 0 Å². The third-order valence-corrected chi connectivity index (χ3v) is 5.89. The van der Waals surface area contributed by atoms with Crippen LogP contribution >= 0.6 is 0 Å². The highest BCUT2D eigenvalue weighted by Crippen LogP contribution is 2.31. The topological polar surface area (TPSA) is 72.2 Å². The van der Waals surface area contributed by atoms with Crippen molar-refractivity contribution in [2.75, 3.05) is 6.54 Å². The minimum absolute atomic E-state index is 0.222. The number of aryl methyl sites for hydroxylation is 1. The van der Waals surface area contributed by atoms with Crippen molar-refractivity contribution in [3.8, 4) is 0 Å². The number of rotatable bonds is 5. The molecule has 0 saturated carbocycles. The molecule has 0 aliphatic heterocycles. The van der Waals surface area contributed by atoms with E-state index in [-0.39, 0.29) is 10.9 Å². The summed E-state index contributed by atoms with van der Waals surface area (Å²) in [7, 11) is -3.63. The van der Waals surface area contributed by atoms with Crippen molar-refractivity contribution in [2.45, 2.75) is 62.3 Å². The van der Waals surface area contributed by atoms with Gasteiger partial charge in [-0.05, 0) is 81.2 Å². The third kappa shape index (κ3) is 4.22. The first-order valence-electron chi connectivity index (χ1n) is 8.61. The van der Waals surface area contributed by atoms with Gasteiger partial charge in [0, 0.05) is 6.04 Å². The molecule has 0 heterocycles. The van der Waals surface area contributed by atoms with Gasteiger partial charge in [-0.25, -0.2) is 13.6 Å². The van der Waals surface area contributed by atoms with Gasteiger partial charge in [-0.1, -0.05) is 17.7 Å². The van der Waals surface area contributed by atoms with E-state index in [1.54, 1.807) is 17.7 Å². The maximum Gasteiger partial charge on any atom is 0.238 e. The number of sulfonamides is 1. The first-order chi connectivity index (χ1) is 11.0. The molecule has 5 heteroatoms. The molecule has 0 amide bonds. The fraction of sp³-hybridized carbons (Fsp3) is 0.556. The highest BCUT2D eigenvalue weighted by atomic mass is 32.2. The number of nitrogens with two attached hydrogens (primary N) is 1. The average molecular weight is 334 g/mol. The Morgan fingerprint density at radius 1 is 1.17 bits per heavy atom. The Bertz CT molecular complexity index is 695. The average Bonchev–Trinajstić information content (AvgIpc) is 2.55. The Morgan fingerprint density at radius 2 is 2.04 bits per heavy atom. The monoisotopic (exact) mass is 334 g/mol. The molecule has 23 heavy (non-hydrogen) atoms. The van der Waals surface area contributed by atoms with E-state index < -0.39 is 10.0 Å². The number of nitrogens with one attached hydrogen (secondary N) is 1. The number of hydrogen-bond acceptors (Lipinski definition) is 3. The van der Waals surface area contributed by atoms with Crippen LogP contribution in [0.5, 0.6) is 0 Å². The first kappa shape index (κ1) is 16.7. The Morgan fingerprint density at radius 3 is 2.78 bits per heavy atom. The molecule has 0 saturated heterocycles. The first-order valence-corrected chi connectivity index (χ1v) is 10.2. The second-order valence-electron chi connectivity index (χ2n) is 6.66. The van der Waals surface area contributed by atoms with Crippen LogP contribution in [-0.4, -0.2) is 15.0 Å². The summed E-state index contributed by atoms with van der Waals surface area (Å²) in [6, 6.07) is 5.56. The van der Waals surface area contributed by atoms with Crippen molar-refractivity contribution in [3.63, 3.8) is 0 Å². The zero-order valence-corrected chi connectivity index (χ0v) is 14.4. The second kappa shape index (κ2) is 7.16. The third-order valence-electron chi connectivity index (χ3n) is 4.98. The summed E-state index contributed by atoms with van der Waals surface area (Å²) in [6.07, 6.45) is 11.8. The Kier molecular flexibility index (Phi) is 5.19. The van der Waals surface area contributed by atoms with Crippen molar-refractivity contribution in [2.24, 2.45) is 5.14 Å². The molecule has 1 aromatic carbocycles. The van der Waals surface area contributed by atoms with E-state index in [2.05, 4.69) is 11.4 Å². The minimum atomic E-state index is -3.63. The van der Waals surface area contributed by atoms with Gasteiger partial charge in [-0.15, -0.1) is 0 Å². The summed E-state index contributed by atoms with van der Waals surface area (Å²) in [5, 5.41) is 8.90. The van der Waals surface area contributed by atoms with Gasteiger partial charge in [-0.2, -0.15) is 0 Å². The van der Waals surface area contributed by atoms with Crippen LogP contribution in [0.3, 0.4) is 0 Å². The van der Waals surface area contributed by atoms with Crippen LogP contribution < -0.4 is 10.5 Å². The van der Waals surface area contributed by atoms with Crippen molar-refractivity contribution in [1.29, 1.82) is 0 Å². The van der Waals surface area contributed by atoms with Gasteiger partial charge >= 0.3 is 0 Å².